The highest BCUT2D eigenvalue weighted by molar-refractivity contribution is 5.90. The van der Waals surface area contributed by atoms with Gasteiger partial charge in [0, 0.05) is 11.7 Å². The minimum atomic E-state index is -0.325. The van der Waals surface area contributed by atoms with Gasteiger partial charge in [0.25, 0.3) is 0 Å². The van der Waals surface area contributed by atoms with E-state index in [0.717, 1.165) is 16.8 Å². The quantitative estimate of drug-likeness (QED) is 0.814. The highest BCUT2D eigenvalue weighted by atomic mass is 16.5. The average Bonchev–Trinajstić information content (AvgIpc) is 2.32. The van der Waals surface area contributed by atoms with E-state index in [9.17, 15) is 9.59 Å². The van der Waals surface area contributed by atoms with Gasteiger partial charge in [-0.2, -0.15) is 0 Å². The highest BCUT2D eigenvalue weighted by Gasteiger charge is 2.13. The van der Waals surface area contributed by atoms with E-state index in [1.807, 2.05) is 32.0 Å². The van der Waals surface area contributed by atoms with E-state index in [1.54, 1.807) is 13.8 Å². The number of hydrogen-bond acceptors (Lipinski definition) is 3. The maximum absolute atomic E-state index is 11.8. The maximum Gasteiger partial charge on any atom is 0.319 e. The summed E-state index contributed by atoms with van der Waals surface area (Å²) in [7, 11) is 0. The van der Waals surface area contributed by atoms with Gasteiger partial charge in [-0.05, 0) is 39.3 Å². The number of anilines is 1. The summed E-state index contributed by atoms with van der Waals surface area (Å²) in [5.41, 5.74) is 2.90. The van der Waals surface area contributed by atoms with Crippen molar-refractivity contribution in [3.05, 3.63) is 29.3 Å². The molecular weight excluding hydrogens is 256 g/mol. The summed E-state index contributed by atoms with van der Waals surface area (Å²) >= 11 is 0. The molecule has 0 aliphatic heterocycles. The fourth-order valence-corrected chi connectivity index (χ4v) is 1.86. The second kappa shape index (κ2) is 7.53. The maximum atomic E-state index is 11.8. The molecule has 2 N–H and O–H groups in total. The van der Waals surface area contributed by atoms with Crippen LogP contribution in [0, 0.1) is 13.8 Å². The van der Waals surface area contributed by atoms with Crippen molar-refractivity contribution in [3.63, 3.8) is 0 Å². The lowest BCUT2D eigenvalue weighted by Crippen LogP contribution is -2.37. The van der Waals surface area contributed by atoms with Crippen molar-refractivity contribution in [2.75, 3.05) is 11.9 Å². The lowest BCUT2D eigenvalue weighted by atomic mass is 10.1. The number of aryl methyl sites for hydroxylation is 2. The Morgan fingerprint density at radius 2 is 2.00 bits per heavy atom. The summed E-state index contributed by atoms with van der Waals surface area (Å²) in [5.74, 6) is -0.313. The predicted molar refractivity (Wildman–Crippen MR) is 78.8 cm³/mol. The van der Waals surface area contributed by atoms with Crippen LogP contribution in [-0.4, -0.2) is 24.6 Å². The molecule has 5 heteroatoms. The van der Waals surface area contributed by atoms with Crippen LogP contribution in [0.3, 0.4) is 0 Å². The molecule has 110 valence electrons. The van der Waals surface area contributed by atoms with Gasteiger partial charge < -0.3 is 15.4 Å². The van der Waals surface area contributed by atoms with E-state index in [2.05, 4.69) is 10.6 Å². The Balaban J connectivity index is 2.49. The number of amides is 2. The van der Waals surface area contributed by atoms with Crippen molar-refractivity contribution in [2.45, 2.75) is 40.2 Å². The van der Waals surface area contributed by atoms with Gasteiger partial charge in [0.05, 0.1) is 13.0 Å². The first kappa shape index (κ1) is 16.0. The van der Waals surface area contributed by atoms with Crippen molar-refractivity contribution in [3.8, 4) is 0 Å². The molecule has 0 aromatic heterocycles. The van der Waals surface area contributed by atoms with E-state index in [1.165, 1.54) is 0 Å². The number of benzene rings is 1. The van der Waals surface area contributed by atoms with Gasteiger partial charge in [0.15, 0.2) is 0 Å². The first-order valence-electron chi connectivity index (χ1n) is 6.72. The van der Waals surface area contributed by atoms with Gasteiger partial charge >= 0.3 is 12.0 Å². The van der Waals surface area contributed by atoms with E-state index in [0.29, 0.717) is 6.61 Å². The topological polar surface area (TPSA) is 67.4 Å². The lowest BCUT2D eigenvalue weighted by molar-refractivity contribution is -0.143. The normalized spacial score (nSPS) is 11.6. The Kier molecular flexibility index (Phi) is 6.03. The highest BCUT2D eigenvalue weighted by Crippen LogP contribution is 2.15. The van der Waals surface area contributed by atoms with Gasteiger partial charge in [0.2, 0.25) is 0 Å². The van der Waals surface area contributed by atoms with Crippen LogP contribution in [-0.2, 0) is 9.53 Å². The van der Waals surface area contributed by atoms with Gasteiger partial charge in [-0.3, -0.25) is 4.79 Å². The summed E-state index contributed by atoms with van der Waals surface area (Å²) < 4.78 is 4.83. The van der Waals surface area contributed by atoms with Gasteiger partial charge in [0.1, 0.15) is 0 Å². The second-order valence-corrected chi connectivity index (χ2v) is 4.83. The fraction of sp³-hybridized carbons (Fsp3) is 0.467. The molecule has 1 aromatic carbocycles. The van der Waals surface area contributed by atoms with Crippen LogP contribution in [0.15, 0.2) is 18.2 Å². The van der Waals surface area contributed by atoms with E-state index in [4.69, 9.17) is 4.74 Å². The van der Waals surface area contributed by atoms with Crippen LogP contribution in [0.2, 0.25) is 0 Å². The van der Waals surface area contributed by atoms with Crippen LogP contribution in [0.25, 0.3) is 0 Å². The predicted octanol–water partition coefficient (Wildman–Crippen LogP) is 2.77. The molecule has 0 radical (unpaired) electrons. The van der Waals surface area contributed by atoms with Crippen molar-refractivity contribution in [1.82, 2.24) is 5.32 Å². The smallest absolute Gasteiger partial charge is 0.319 e. The molecule has 0 bridgehead atoms. The number of hydrogen-bond donors (Lipinski definition) is 2. The van der Waals surface area contributed by atoms with Gasteiger partial charge in [-0.1, -0.05) is 17.7 Å². The van der Waals surface area contributed by atoms with Crippen molar-refractivity contribution in [1.29, 1.82) is 0 Å². The molecule has 0 heterocycles. The molecule has 1 aromatic rings. The number of nitrogens with one attached hydrogen (secondary N) is 2. The Morgan fingerprint density at radius 3 is 2.60 bits per heavy atom. The largest absolute Gasteiger partial charge is 0.466 e. The van der Waals surface area contributed by atoms with E-state index < -0.39 is 0 Å². The molecule has 0 fully saturated rings. The van der Waals surface area contributed by atoms with Crippen LogP contribution in [0.1, 0.15) is 31.4 Å². The SMILES string of the molecule is CCOC(=O)CC(C)NC(=O)Nc1ccc(C)cc1C. The van der Waals surface area contributed by atoms with Crippen LogP contribution < -0.4 is 10.6 Å². The Bertz CT molecular complexity index is 486. The number of rotatable bonds is 5. The van der Waals surface area contributed by atoms with E-state index in [-0.39, 0.29) is 24.5 Å². The van der Waals surface area contributed by atoms with Gasteiger partial charge in [-0.15, -0.1) is 0 Å². The standard InChI is InChI=1S/C15H22N2O3/c1-5-20-14(18)9-12(4)16-15(19)17-13-7-6-10(2)8-11(13)3/h6-8,12H,5,9H2,1-4H3,(H2,16,17,19). The number of carbonyl (C=O) groups is 2. The monoisotopic (exact) mass is 278 g/mol. The molecule has 1 unspecified atom stereocenters. The molecule has 5 nitrogen and oxygen atoms in total. The molecule has 0 saturated carbocycles. The minimum Gasteiger partial charge on any atom is -0.466 e. The molecular formula is C15H22N2O3. The molecule has 0 saturated heterocycles. The third-order valence-corrected chi connectivity index (χ3v) is 2.79. The Morgan fingerprint density at radius 1 is 1.30 bits per heavy atom. The minimum absolute atomic E-state index is 0.161. The summed E-state index contributed by atoms with van der Waals surface area (Å²) in [5, 5.41) is 5.48. The summed E-state index contributed by atoms with van der Waals surface area (Å²) in [6.07, 6.45) is 0.161. The zero-order chi connectivity index (χ0) is 15.1. The first-order chi connectivity index (χ1) is 9.42. The van der Waals surface area contributed by atoms with Crippen molar-refractivity contribution >= 4 is 17.7 Å². The summed E-state index contributed by atoms with van der Waals surface area (Å²) in [6.45, 7) is 7.80. The van der Waals surface area contributed by atoms with Crippen LogP contribution in [0.4, 0.5) is 10.5 Å². The second-order valence-electron chi connectivity index (χ2n) is 4.83. The average molecular weight is 278 g/mol. The Hall–Kier alpha value is -2.04. The molecule has 2 amide bonds. The zero-order valence-electron chi connectivity index (χ0n) is 12.4. The van der Waals surface area contributed by atoms with Crippen molar-refractivity contribution in [2.24, 2.45) is 0 Å². The lowest BCUT2D eigenvalue weighted by Gasteiger charge is -2.15. The van der Waals surface area contributed by atoms with E-state index >= 15 is 0 Å². The summed E-state index contributed by atoms with van der Waals surface area (Å²) in [4.78, 5) is 23.1. The zero-order valence-corrected chi connectivity index (χ0v) is 12.4. The van der Waals surface area contributed by atoms with Crippen molar-refractivity contribution < 1.29 is 14.3 Å². The molecule has 0 aliphatic rings. The molecule has 0 aliphatic carbocycles. The molecule has 1 rings (SSSR count). The fourth-order valence-electron chi connectivity index (χ4n) is 1.86. The molecule has 1 atom stereocenters. The van der Waals surface area contributed by atoms with Crippen LogP contribution in [0.5, 0.6) is 0 Å². The molecule has 0 spiro atoms. The Labute approximate surface area is 119 Å². The first-order valence-corrected chi connectivity index (χ1v) is 6.72. The number of urea groups is 1. The van der Waals surface area contributed by atoms with Gasteiger partial charge in [-0.25, -0.2) is 4.79 Å². The third kappa shape index (κ3) is 5.30. The third-order valence-electron chi connectivity index (χ3n) is 2.79. The number of ether oxygens (including phenoxy) is 1. The summed E-state index contributed by atoms with van der Waals surface area (Å²) in [6, 6.07) is 5.19. The molecule has 20 heavy (non-hydrogen) atoms. The van der Waals surface area contributed by atoms with Crippen LogP contribution >= 0.6 is 0 Å². The number of esters is 1. The number of carbonyl (C=O) groups excluding carboxylic acids is 2.